The number of amides is 3. The minimum atomic E-state index is -1.61. The summed E-state index contributed by atoms with van der Waals surface area (Å²) in [4.78, 5) is 53.7. The van der Waals surface area contributed by atoms with Gasteiger partial charge in [0.25, 0.3) is 0 Å². The molecule has 3 rings (SSSR count). The molecule has 0 saturated heterocycles. The summed E-state index contributed by atoms with van der Waals surface area (Å²) in [6, 6.07) is 7.54. The van der Waals surface area contributed by atoms with Crippen LogP contribution in [-0.2, 0) is 32.0 Å². The van der Waals surface area contributed by atoms with Crippen LogP contribution in [0.5, 0.6) is 5.75 Å². The van der Waals surface area contributed by atoms with Crippen molar-refractivity contribution in [2.24, 2.45) is 5.73 Å². The molecule has 13 nitrogen and oxygen atoms in total. The average molecular weight is 570 g/mol. The van der Waals surface area contributed by atoms with E-state index in [-0.39, 0.29) is 18.6 Å². The monoisotopic (exact) mass is 569 g/mol. The summed E-state index contributed by atoms with van der Waals surface area (Å²) in [5.41, 5.74) is 8.25. The van der Waals surface area contributed by atoms with E-state index in [4.69, 9.17) is 5.73 Å². The molecule has 0 spiro atoms. The number of aromatic amines is 1. The zero-order valence-electron chi connectivity index (χ0n) is 22.6. The number of aromatic nitrogens is 1. The number of aliphatic hydroxyl groups is 2. The van der Waals surface area contributed by atoms with Gasteiger partial charge in [-0.2, -0.15) is 0 Å². The number of nitrogens with one attached hydrogen (secondary N) is 4. The molecule has 0 aliphatic rings. The van der Waals surface area contributed by atoms with Gasteiger partial charge >= 0.3 is 5.97 Å². The van der Waals surface area contributed by atoms with Gasteiger partial charge in [-0.15, -0.1) is 0 Å². The van der Waals surface area contributed by atoms with Gasteiger partial charge in [0.1, 0.15) is 23.9 Å². The second-order valence-electron chi connectivity index (χ2n) is 9.89. The van der Waals surface area contributed by atoms with E-state index < -0.39 is 60.1 Å². The lowest BCUT2D eigenvalue weighted by Gasteiger charge is -2.27. The van der Waals surface area contributed by atoms with Crippen LogP contribution in [0.2, 0.25) is 0 Å². The van der Waals surface area contributed by atoms with Crippen LogP contribution in [0.25, 0.3) is 10.9 Å². The molecule has 0 bridgehead atoms. The van der Waals surface area contributed by atoms with Crippen LogP contribution in [0.1, 0.15) is 25.0 Å². The van der Waals surface area contributed by atoms with E-state index >= 15 is 0 Å². The Bertz CT molecular complexity index is 1370. The lowest BCUT2D eigenvalue weighted by atomic mass is 10.0. The number of carbonyl (C=O) groups excluding carboxylic acids is 3. The van der Waals surface area contributed by atoms with E-state index in [1.807, 2.05) is 24.3 Å². The van der Waals surface area contributed by atoms with Crippen molar-refractivity contribution >= 4 is 34.6 Å². The molecule has 3 aromatic rings. The van der Waals surface area contributed by atoms with E-state index in [9.17, 15) is 39.6 Å². The number of H-pyrrole nitrogens is 1. The number of phenolic OH excluding ortho intramolecular Hbond substituents is 1. The van der Waals surface area contributed by atoms with Crippen LogP contribution in [0.4, 0.5) is 0 Å². The molecule has 220 valence electrons. The maximum absolute atomic E-state index is 13.0. The van der Waals surface area contributed by atoms with Gasteiger partial charge < -0.3 is 47.1 Å². The van der Waals surface area contributed by atoms with Gasteiger partial charge in [-0.1, -0.05) is 30.3 Å². The second-order valence-corrected chi connectivity index (χ2v) is 9.89. The number of fused-ring (bicyclic) bond motifs is 1. The molecular formula is C28H35N5O8. The van der Waals surface area contributed by atoms with Crippen LogP contribution in [-0.4, -0.2) is 85.5 Å². The number of phenols is 1. The standard InChI is InChI=1S/C28H35N5O8/c1-14(34)23(26(38)31-22(28(40)41)11-16-7-9-18(36)10-8-16)33-27(39)24(15(2)35)32-25(37)20(29)12-17-13-30-21-6-4-3-5-19(17)21/h3-10,13-15,20,22-24,30,34-36H,11-12,29H2,1-2H3,(H,31,38)(H,32,37)(H,33,39)(H,40,41). The first-order valence-corrected chi connectivity index (χ1v) is 13.0. The summed E-state index contributed by atoms with van der Waals surface area (Å²) >= 11 is 0. The van der Waals surface area contributed by atoms with Gasteiger partial charge in [0.05, 0.1) is 18.2 Å². The number of benzene rings is 2. The number of carboxylic acid groups (broad SMARTS) is 1. The Kier molecular flexibility index (Phi) is 10.4. The van der Waals surface area contributed by atoms with Crippen molar-refractivity contribution in [2.45, 2.75) is 63.1 Å². The molecule has 1 aromatic heterocycles. The molecule has 0 aliphatic heterocycles. The third kappa shape index (κ3) is 8.27. The van der Waals surface area contributed by atoms with Crippen molar-refractivity contribution in [1.82, 2.24) is 20.9 Å². The van der Waals surface area contributed by atoms with Crippen LogP contribution in [0, 0.1) is 0 Å². The first kappa shape index (κ1) is 31.1. The van der Waals surface area contributed by atoms with Crippen molar-refractivity contribution < 1.29 is 39.6 Å². The molecule has 2 aromatic carbocycles. The van der Waals surface area contributed by atoms with Gasteiger partial charge in [0.2, 0.25) is 17.7 Å². The Morgan fingerprint density at radius 2 is 1.39 bits per heavy atom. The Balaban J connectivity index is 1.66. The lowest BCUT2D eigenvalue weighted by Crippen LogP contribution is -2.62. The van der Waals surface area contributed by atoms with Gasteiger partial charge in [-0.25, -0.2) is 4.79 Å². The molecule has 41 heavy (non-hydrogen) atoms. The van der Waals surface area contributed by atoms with E-state index in [2.05, 4.69) is 20.9 Å². The molecule has 6 unspecified atom stereocenters. The van der Waals surface area contributed by atoms with E-state index in [1.54, 1.807) is 6.20 Å². The summed E-state index contributed by atoms with van der Waals surface area (Å²) in [5.74, 6) is -4.08. The number of carbonyl (C=O) groups is 4. The highest BCUT2D eigenvalue weighted by atomic mass is 16.4. The van der Waals surface area contributed by atoms with Gasteiger partial charge in [0, 0.05) is 23.5 Å². The Labute approximate surface area is 235 Å². The molecule has 1 heterocycles. The van der Waals surface area contributed by atoms with Gasteiger partial charge in [-0.05, 0) is 49.6 Å². The molecule has 0 radical (unpaired) electrons. The number of aliphatic carboxylic acids is 1. The molecule has 13 heteroatoms. The molecule has 6 atom stereocenters. The minimum Gasteiger partial charge on any atom is -0.508 e. The largest absolute Gasteiger partial charge is 0.508 e. The maximum Gasteiger partial charge on any atom is 0.326 e. The molecule has 0 aliphatic carbocycles. The fourth-order valence-corrected chi connectivity index (χ4v) is 4.27. The topological polar surface area (TPSA) is 227 Å². The van der Waals surface area contributed by atoms with E-state index in [0.717, 1.165) is 16.5 Å². The molecule has 0 fully saturated rings. The third-order valence-corrected chi connectivity index (χ3v) is 6.57. The first-order valence-electron chi connectivity index (χ1n) is 13.0. The molecule has 10 N–H and O–H groups in total. The number of aliphatic hydroxyl groups excluding tert-OH is 2. The van der Waals surface area contributed by atoms with Crippen molar-refractivity contribution in [3.8, 4) is 5.75 Å². The van der Waals surface area contributed by atoms with E-state index in [0.29, 0.717) is 5.56 Å². The van der Waals surface area contributed by atoms with Crippen molar-refractivity contribution in [1.29, 1.82) is 0 Å². The van der Waals surface area contributed by atoms with E-state index in [1.165, 1.54) is 38.1 Å². The third-order valence-electron chi connectivity index (χ3n) is 6.57. The minimum absolute atomic E-state index is 0.0137. The number of nitrogens with two attached hydrogens (primary N) is 1. The Morgan fingerprint density at radius 1 is 0.829 bits per heavy atom. The Hall–Kier alpha value is -4.46. The highest BCUT2D eigenvalue weighted by Crippen LogP contribution is 2.19. The number of carboxylic acids is 1. The fraction of sp³-hybridized carbons (Fsp3) is 0.357. The number of rotatable bonds is 13. The second kappa shape index (κ2) is 13.7. The van der Waals surface area contributed by atoms with Crippen LogP contribution >= 0.6 is 0 Å². The molecule has 0 saturated carbocycles. The fourth-order valence-electron chi connectivity index (χ4n) is 4.27. The summed E-state index contributed by atoms with van der Waals surface area (Å²) < 4.78 is 0. The maximum atomic E-state index is 13.0. The predicted molar refractivity (Wildman–Crippen MR) is 149 cm³/mol. The summed E-state index contributed by atoms with van der Waals surface area (Å²) in [6.07, 6.45) is -1.13. The normalized spacial score (nSPS) is 15.6. The smallest absolute Gasteiger partial charge is 0.326 e. The summed E-state index contributed by atoms with van der Waals surface area (Å²) in [7, 11) is 0. The molecule has 3 amide bonds. The number of aromatic hydroxyl groups is 1. The van der Waals surface area contributed by atoms with Crippen LogP contribution in [0.3, 0.4) is 0 Å². The predicted octanol–water partition coefficient (Wildman–Crippen LogP) is -0.713. The number of hydrogen-bond acceptors (Lipinski definition) is 8. The summed E-state index contributed by atoms with van der Waals surface area (Å²) in [6.45, 7) is 2.47. The lowest BCUT2D eigenvalue weighted by molar-refractivity contribution is -0.143. The average Bonchev–Trinajstić information content (AvgIpc) is 3.32. The van der Waals surface area contributed by atoms with Gasteiger partial charge in [-0.3, -0.25) is 14.4 Å². The van der Waals surface area contributed by atoms with Gasteiger partial charge in [0.15, 0.2) is 0 Å². The zero-order chi connectivity index (χ0) is 30.3. The molecular weight excluding hydrogens is 534 g/mol. The highest BCUT2D eigenvalue weighted by molar-refractivity contribution is 5.95. The van der Waals surface area contributed by atoms with Crippen molar-refractivity contribution in [2.75, 3.05) is 0 Å². The van der Waals surface area contributed by atoms with Crippen LogP contribution in [0.15, 0.2) is 54.7 Å². The van der Waals surface area contributed by atoms with Crippen molar-refractivity contribution in [3.63, 3.8) is 0 Å². The number of hydrogen-bond donors (Lipinski definition) is 9. The quantitative estimate of drug-likeness (QED) is 0.126. The highest BCUT2D eigenvalue weighted by Gasteiger charge is 2.34. The van der Waals surface area contributed by atoms with Crippen LogP contribution < -0.4 is 21.7 Å². The number of para-hydroxylation sites is 1. The zero-order valence-corrected chi connectivity index (χ0v) is 22.6. The van der Waals surface area contributed by atoms with Crippen molar-refractivity contribution in [3.05, 3.63) is 65.9 Å². The summed E-state index contributed by atoms with van der Waals surface area (Å²) in [5, 5.41) is 47.3. The Morgan fingerprint density at radius 3 is 1.98 bits per heavy atom. The SMILES string of the molecule is CC(O)C(NC(=O)C(N)Cc1c[nH]c2ccccc12)C(=O)NC(C(=O)NC(Cc1ccc(O)cc1)C(=O)O)C(C)O. The first-order chi connectivity index (χ1) is 19.4.